The van der Waals surface area contributed by atoms with Gasteiger partial charge in [0.1, 0.15) is 17.1 Å². The van der Waals surface area contributed by atoms with Gasteiger partial charge in [0, 0.05) is 22.7 Å². The molecule has 0 radical (unpaired) electrons. The number of hydrogen-bond donors (Lipinski definition) is 2. The van der Waals surface area contributed by atoms with Gasteiger partial charge in [0.2, 0.25) is 0 Å². The zero-order valence-corrected chi connectivity index (χ0v) is 22.7. The number of nitrogens with one attached hydrogen (secondary N) is 1. The van der Waals surface area contributed by atoms with Crippen molar-refractivity contribution >= 4 is 17.5 Å². The Bertz CT molecular complexity index is 1540. The fourth-order valence-electron chi connectivity index (χ4n) is 4.99. The summed E-state index contributed by atoms with van der Waals surface area (Å²) in [4.78, 5) is 15.5. The van der Waals surface area contributed by atoms with Gasteiger partial charge in [0.05, 0.1) is 34.5 Å². The van der Waals surface area contributed by atoms with Gasteiger partial charge in [-0.3, -0.25) is 9.89 Å². The number of fused-ring (bicyclic) bond motifs is 1. The second-order valence-corrected chi connectivity index (χ2v) is 9.41. The third-order valence-electron chi connectivity index (χ3n) is 6.89. The van der Waals surface area contributed by atoms with E-state index in [4.69, 9.17) is 30.5 Å². The molecule has 1 aliphatic rings. The first-order valence-corrected chi connectivity index (χ1v) is 12.6. The Morgan fingerprint density at radius 2 is 1.56 bits per heavy atom. The number of phenols is 1. The van der Waals surface area contributed by atoms with Crippen molar-refractivity contribution in [2.75, 3.05) is 35.0 Å². The van der Waals surface area contributed by atoms with Crippen LogP contribution < -0.4 is 18.9 Å². The Kier molecular flexibility index (Phi) is 7.26. The molecule has 1 unspecified atom stereocenters. The third kappa shape index (κ3) is 4.70. The number of benzene rings is 3. The number of H-pyrrole nitrogens is 1. The Labute approximate surface area is 230 Å². The number of carbonyl (C=O) groups excluding carboxylic acids is 1. The molecule has 4 aromatic rings. The van der Waals surface area contributed by atoms with Crippen LogP contribution >= 0.6 is 11.6 Å². The lowest BCUT2D eigenvalue weighted by molar-refractivity contribution is 0.0745. The number of aromatic amines is 1. The Hall–Kier alpha value is -4.37. The quantitative estimate of drug-likeness (QED) is 0.293. The second kappa shape index (κ2) is 10.8. The molecule has 0 fully saturated rings. The van der Waals surface area contributed by atoms with E-state index >= 15 is 0 Å². The molecule has 1 amide bonds. The van der Waals surface area contributed by atoms with Crippen LogP contribution in [0.15, 0.2) is 54.6 Å². The summed E-state index contributed by atoms with van der Waals surface area (Å²) in [5.74, 6) is 2.16. The van der Waals surface area contributed by atoms with Crippen molar-refractivity contribution in [3.8, 4) is 40.0 Å². The van der Waals surface area contributed by atoms with Gasteiger partial charge in [0.25, 0.3) is 5.91 Å². The number of methoxy groups -OCH3 is 4. The molecular formula is C29H28ClN3O6. The fraction of sp³-hybridized carbons (Fsp3) is 0.241. The van der Waals surface area contributed by atoms with Crippen molar-refractivity contribution in [2.24, 2.45) is 0 Å². The van der Waals surface area contributed by atoms with E-state index in [0.717, 1.165) is 11.1 Å². The van der Waals surface area contributed by atoms with Crippen molar-refractivity contribution < 1.29 is 28.8 Å². The number of ether oxygens (including phenoxy) is 4. The minimum Gasteiger partial charge on any atom is -0.507 e. The number of rotatable bonds is 9. The monoisotopic (exact) mass is 549 g/mol. The van der Waals surface area contributed by atoms with Crippen LogP contribution in [0.3, 0.4) is 0 Å². The Morgan fingerprint density at radius 1 is 0.897 bits per heavy atom. The Balaban J connectivity index is 1.59. The van der Waals surface area contributed by atoms with Gasteiger partial charge in [-0.25, -0.2) is 0 Å². The molecular weight excluding hydrogens is 522 g/mol. The summed E-state index contributed by atoms with van der Waals surface area (Å²) in [5.41, 5.74) is 3.67. The minimum atomic E-state index is -0.514. The maximum Gasteiger partial charge on any atom is 0.273 e. The van der Waals surface area contributed by atoms with Crippen LogP contribution in [0.1, 0.15) is 33.2 Å². The van der Waals surface area contributed by atoms with E-state index in [1.165, 1.54) is 6.07 Å². The number of halogens is 1. The highest BCUT2D eigenvalue weighted by atomic mass is 35.5. The molecule has 0 saturated carbocycles. The number of amides is 1. The maximum atomic E-state index is 13.8. The zero-order valence-electron chi connectivity index (χ0n) is 21.9. The summed E-state index contributed by atoms with van der Waals surface area (Å²) in [7, 11) is 6.31. The fourth-order valence-corrected chi connectivity index (χ4v) is 5.16. The normalized spacial score (nSPS) is 14.3. The van der Waals surface area contributed by atoms with Gasteiger partial charge in [-0.15, -0.1) is 0 Å². The number of aromatic nitrogens is 2. The lowest BCUT2D eigenvalue weighted by Crippen LogP contribution is -2.31. The minimum absolute atomic E-state index is 0.0102. The SMILES string of the molecule is COc1ccc(CCN2C(=O)c3[nH]nc(-c4cc(Cl)ccc4O)c3C2c2ccc(OC)c(OC)c2)cc1OC. The molecule has 0 saturated heterocycles. The van der Waals surface area contributed by atoms with Gasteiger partial charge in [0.15, 0.2) is 23.0 Å². The van der Waals surface area contributed by atoms with E-state index < -0.39 is 6.04 Å². The summed E-state index contributed by atoms with van der Waals surface area (Å²) < 4.78 is 21.8. The standard InChI is InChI=1S/C29H28ClN3O6/c1-36-21-9-5-16(13-23(21)38-3)11-12-33-28(17-6-10-22(37-2)24(14-17)39-4)25-26(31-32-27(25)29(33)35)19-15-18(30)7-8-20(19)34/h5-10,13-15,28,34H,11-12H2,1-4H3,(H,31,32). The van der Waals surface area contributed by atoms with Crippen LogP contribution in [-0.4, -0.2) is 61.1 Å². The van der Waals surface area contributed by atoms with Gasteiger partial charge >= 0.3 is 0 Å². The van der Waals surface area contributed by atoms with E-state index in [2.05, 4.69) is 10.2 Å². The molecule has 2 N–H and O–H groups in total. The first kappa shape index (κ1) is 26.2. The van der Waals surface area contributed by atoms with Gasteiger partial charge in [-0.1, -0.05) is 23.7 Å². The highest BCUT2D eigenvalue weighted by molar-refractivity contribution is 6.31. The topological polar surface area (TPSA) is 106 Å². The lowest BCUT2D eigenvalue weighted by Gasteiger charge is -2.27. The molecule has 2 heterocycles. The molecule has 1 aliphatic heterocycles. The van der Waals surface area contributed by atoms with Crippen LogP contribution in [-0.2, 0) is 6.42 Å². The van der Waals surface area contributed by atoms with Crippen molar-refractivity contribution in [3.05, 3.63) is 82.0 Å². The van der Waals surface area contributed by atoms with Gasteiger partial charge < -0.3 is 29.0 Å². The summed E-state index contributed by atoms with van der Waals surface area (Å²) in [6, 6.07) is 15.5. The van der Waals surface area contributed by atoms with Gasteiger partial charge in [-0.2, -0.15) is 5.10 Å². The van der Waals surface area contributed by atoms with Crippen LogP contribution in [0.25, 0.3) is 11.3 Å². The summed E-state index contributed by atoms with van der Waals surface area (Å²) in [6.45, 7) is 0.400. The summed E-state index contributed by atoms with van der Waals surface area (Å²) in [6.07, 6.45) is 0.561. The zero-order chi connectivity index (χ0) is 27.7. The molecule has 0 bridgehead atoms. The first-order valence-electron chi connectivity index (χ1n) is 12.2. The molecule has 0 aliphatic carbocycles. The molecule has 1 aromatic heterocycles. The van der Waals surface area contributed by atoms with Crippen LogP contribution in [0.4, 0.5) is 0 Å². The maximum absolute atomic E-state index is 13.8. The van der Waals surface area contributed by atoms with E-state index in [1.54, 1.807) is 51.5 Å². The predicted molar refractivity (Wildman–Crippen MR) is 146 cm³/mol. The van der Waals surface area contributed by atoms with Crippen LogP contribution in [0.2, 0.25) is 5.02 Å². The molecule has 5 rings (SSSR count). The van der Waals surface area contributed by atoms with E-state index in [9.17, 15) is 9.90 Å². The van der Waals surface area contributed by atoms with E-state index in [1.807, 2.05) is 30.3 Å². The third-order valence-corrected chi connectivity index (χ3v) is 7.13. The number of hydrogen-bond acceptors (Lipinski definition) is 7. The average Bonchev–Trinajstić information content (AvgIpc) is 3.50. The molecule has 0 spiro atoms. The second-order valence-electron chi connectivity index (χ2n) is 8.98. The number of carbonyl (C=O) groups is 1. The molecule has 39 heavy (non-hydrogen) atoms. The highest BCUT2D eigenvalue weighted by Gasteiger charge is 2.42. The molecule has 10 heteroatoms. The molecule has 202 valence electrons. The molecule has 3 aromatic carbocycles. The summed E-state index contributed by atoms with van der Waals surface area (Å²) >= 11 is 6.26. The van der Waals surface area contributed by atoms with Gasteiger partial charge in [-0.05, 0) is 60.0 Å². The largest absolute Gasteiger partial charge is 0.507 e. The molecule has 1 atom stereocenters. The van der Waals surface area contributed by atoms with Crippen molar-refractivity contribution in [1.82, 2.24) is 15.1 Å². The van der Waals surface area contributed by atoms with Crippen LogP contribution in [0.5, 0.6) is 28.7 Å². The predicted octanol–water partition coefficient (Wildman–Crippen LogP) is 5.26. The van der Waals surface area contributed by atoms with Crippen molar-refractivity contribution in [3.63, 3.8) is 0 Å². The van der Waals surface area contributed by atoms with Crippen LogP contribution in [0, 0.1) is 0 Å². The first-order chi connectivity index (χ1) is 18.9. The number of phenolic OH excluding ortho intramolecular Hbond substituents is 1. The summed E-state index contributed by atoms with van der Waals surface area (Å²) in [5, 5.41) is 18.4. The van der Waals surface area contributed by atoms with E-state index in [0.29, 0.717) is 63.5 Å². The highest BCUT2D eigenvalue weighted by Crippen LogP contribution is 2.46. The number of nitrogens with zero attached hydrogens (tertiary/aromatic N) is 2. The van der Waals surface area contributed by atoms with Crippen molar-refractivity contribution in [2.45, 2.75) is 12.5 Å². The van der Waals surface area contributed by atoms with E-state index in [-0.39, 0.29) is 11.7 Å². The molecule has 9 nitrogen and oxygen atoms in total. The average molecular weight is 550 g/mol. The Morgan fingerprint density at radius 3 is 2.26 bits per heavy atom. The smallest absolute Gasteiger partial charge is 0.273 e. The number of aromatic hydroxyl groups is 1. The van der Waals surface area contributed by atoms with Crippen molar-refractivity contribution in [1.29, 1.82) is 0 Å². The lowest BCUT2D eigenvalue weighted by atomic mass is 9.95.